The van der Waals surface area contributed by atoms with Crippen LogP contribution in [0.5, 0.6) is 0 Å². The predicted molar refractivity (Wildman–Crippen MR) is 211 cm³/mol. The normalized spacial score (nSPS) is 16.3. The molecule has 3 fully saturated rings. The van der Waals surface area contributed by atoms with Gasteiger partial charge in [0.05, 0.1) is 50.6 Å². The maximum absolute atomic E-state index is 13.5. The molecule has 5 N–H and O–H groups in total. The van der Waals surface area contributed by atoms with Gasteiger partial charge in [0.1, 0.15) is 23.2 Å². The highest BCUT2D eigenvalue weighted by molar-refractivity contribution is 5.87. The number of amides is 4. The third-order valence-corrected chi connectivity index (χ3v) is 10.1. The number of unbranched alkanes of at least 4 members (excludes halogenated alkanes) is 1. The first-order chi connectivity index (χ1) is 27.8. The molecule has 1 saturated heterocycles. The van der Waals surface area contributed by atoms with Crippen LogP contribution in [0.15, 0.2) is 59.3 Å². The number of rotatable bonds is 14. The molecule has 5 aromatic rings. The molecule has 2 atom stereocenters. The smallest absolute Gasteiger partial charge is 0.407 e. The second-order valence-electron chi connectivity index (χ2n) is 14.6. The van der Waals surface area contributed by atoms with Gasteiger partial charge in [0, 0.05) is 30.6 Å². The predicted octanol–water partition coefficient (Wildman–Crippen LogP) is 6.04. The van der Waals surface area contributed by atoms with Crippen LogP contribution in [0.2, 0.25) is 0 Å². The number of methoxy groups -OCH3 is 2. The summed E-state index contributed by atoms with van der Waals surface area (Å²) in [6.07, 6.45) is 12.6. The maximum atomic E-state index is 13.5. The van der Waals surface area contributed by atoms with Crippen LogP contribution >= 0.6 is 0 Å². The Kier molecular flexibility index (Phi) is 12.5. The molecule has 2 aliphatic carbocycles. The minimum atomic E-state index is -0.644. The average Bonchev–Trinajstić information content (AvgIpc) is 4.07. The Morgan fingerprint density at radius 3 is 2.30 bits per heavy atom. The van der Waals surface area contributed by atoms with E-state index >= 15 is 0 Å². The number of alkyl carbamates (subject to hydrolysis) is 2. The number of carbonyl (C=O) groups is 4. The fourth-order valence-corrected chi connectivity index (χ4v) is 6.72. The number of aryl methyl sites for hydroxylation is 1. The molecule has 0 bridgehead atoms. The number of benzene rings is 2. The molecule has 3 aromatic heterocycles. The highest BCUT2D eigenvalue weighted by Gasteiger charge is 2.43. The van der Waals surface area contributed by atoms with Gasteiger partial charge in [-0.05, 0) is 80.3 Å². The Morgan fingerprint density at radius 2 is 1.56 bits per heavy atom. The number of aromatic amines is 2. The second kappa shape index (κ2) is 18.2. The third-order valence-electron chi connectivity index (χ3n) is 10.1. The zero-order valence-electron chi connectivity index (χ0n) is 32.3. The number of nitrogens with one attached hydrogen (secondary N) is 5. The van der Waals surface area contributed by atoms with Gasteiger partial charge in [0.2, 0.25) is 17.7 Å². The molecule has 4 amide bonds. The zero-order valence-corrected chi connectivity index (χ0v) is 32.3. The topological polar surface area (TPSA) is 209 Å². The summed E-state index contributed by atoms with van der Waals surface area (Å²) in [5.41, 5.74) is 5.78. The molecule has 1 aliphatic heterocycles. The molecule has 0 spiro atoms. The quantitative estimate of drug-likeness (QED) is 0.0826. The highest BCUT2D eigenvalue weighted by Crippen LogP contribution is 2.38. The Balaban J connectivity index is 0.00000158. The van der Waals surface area contributed by atoms with Gasteiger partial charge in [-0.2, -0.15) is 0 Å². The summed E-state index contributed by atoms with van der Waals surface area (Å²) in [6, 6.07) is 12.9. The molecule has 8 rings (SSSR count). The van der Waals surface area contributed by atoms with E-state index in [0.29, 0.717) is 24.6 Å². The van der Waals surface area contributed by atoms with Crippen LogP contribution in [-0.2, 0) is 25.5 Å². The standard InChI is InChI=1S/C38H43N9O7.C3H6/c1-52-37(50)42-21-32(48)39-16-4-3-7-31-40-19-28(43-31)25-14-15-30-26(18-25)45-35(54-30)24-12-8-22(9-13-24)27-20-41-34(44-27)29-6-5-17-47(29)36(49)33(23-10-11-23)46-38(51)53-2;1-2-3-1/h8-9,12-15,18-20,23,29,33H,3-7,10-11,16-17,21H2,1-2H3,(H,39,48)(H,40,43)(H,41,44)(H,42,50)(H,46,51);1-3H2. The minimum Gasteiger partial charge on any atom is -0.453 e. The molecular weight excluding hydrogens is 731 g/mol. The van der Waals surface area contributed by atoms with Crippen molar-refractivity contribution in [3.8, 4) is 34.0 Å². The Labute approximate surface area is 329 Å². The van der Waals surface area contributed by atoms with Crippen LogP contribution in [0, 0.1) is 5.92 Å². The van der Waals surface area contributed by atoms with E-state index < -0.39 is 18.2 Å². The fraction of sp³-hybridized carbons (Fsp3) is 0.439. The number of ether oxygens (including phenoxy) is 2. The van der Waals surface area contributed by atoms with Gasteiger partial charge in [-0.25, -0.2) is 24.5 Å². The van der Waals surface area contributed by atoms with E-state index in [4.69, 9.17) is 14.1 Å². The first-order valence-electron chi connectivity index (χ1n) is 19.6. The molecule has 2 unspecified atom stereocenters. The summed E-state index contributed by atoms with van der Waals surface area (Å²) >= 11 is 0. The molecule has 16 nitrogen and oxygen atoms in total. The summed E-state index contributed by atoms with van der Waals surface area (Å²) in [4.78, 5) is 70.9. The van der Waals surface area contributed by atoms with Crippen molar-refractivity contribution in [2.75, 3.05) is 33.9 Å². The number of fused-ring (bicyclic) bond motifs is 1. The number of H-pyrrole nitrogens is 2. The molecule has 4 heterocycles. The van der Waals surface area contributed by atoms with Gasteiger partial charge in [0.25, 0.3) is 0 Å². The van der Waals surface area contributed by atoms with Gasteiger partial charge >= 0.3 is 12.2 Å². The monoisotopic (exact) mass is 779 g/mol. The van der Waals surface area contributed by atoms with Gasteiger partial charge in [-0.15, -0.1) is 0 Å². The molecule has 0 radical (unpaired) electrons. The maximum Gasteiger partial charge on any atom is 0.407 e. The summed E-state index contributed by atoms with van der Waals surface area (Å²) in [7, 11) is 2.55. The van der Waals surface area contributed by atoms with Gasteiger partial charge < -0.3 is 44.7 Å². The fourth-order valence-electron chi connectivity index (χ4n) is 6.72. The highest BCUT2D eigenvalue weighted by atomic mass is 16.5. The van der Waals surface area contributed by atoms with E-state index in [1.807, 2.05) is 47.4 Å². The number of imidazole rings is 2. The van der Waals surface area contributed by atoms with E-state index in [0.717, 1.165) is 90.2 Å². The van der Waals surface area contributed by atoms with Crippen LogP contribution in [0.4, 0.5) is 9.59 Å². The lowest BCUT2D eigenvalue weighted by atomic mass is 10.1. The molecule has 16 heteroatoms. The van der Waals surface area contributed by atoms with Crippen molar-refractivity contribution in [1.82, 2.24) is 45.8 Å². The SMILES string of the molecule is C1CC1.COC(=O)NCC(=O)NCCCCc1ncc(-c2ccc3oc(-c4ccc(-c5cnc(C6CCCN6C(=O)C(NC(=O)OC)C6CC6)[nH]5)cc4)nc3c2)[nH]1. The van der Waals surface area contributed by atoms with E-state index in [2.05, 4.69) is 40.6 Å². The number of carbonyl (C=O) groups excluding carboxylic acids is 4. The van der Waals surface area contributed by atoms with E-state index in [-0.39, 0.29) is 30.3 Å². The largest absolute Gasteiger partial charge is 0.453 e. The summed E-state index contributed by atoms with van der Waals surface area (Å²) in [6.45, 7) is 0.982. The number of likely N-dealkylation sites (tertiary alicyclic amines) is 1. The first-order valence-corrected chi connectivity index (χ1v) is 19.6. The van der Waals surface area contributed by atoms with Crippen molar-refractivity contribution >= 4 is 35.1 Å². The molecule has 2 aromatic carbocycles. The lowest BCUT2D eigenvalue weighted by Gasteiger charge is -2.28. The van der Waals surface area contributed by atoms with Crippen molar-refractivity contribution in [2.24, 2.45) is 5.92 Å². The summed E-state index contributed by atoms with van der Waals surface area (Å²) < 4.78 is 15.3. The van der Waals surface area contributed by atoms with Crippen LogP contribution in [0.25, 0.3) is 45.1 Å². The van der Waals surface area contributed by atoms with Gasteiger partial charge in [0.15, 0.2) is 5.58 Å². The Hall–Kier alpha value is -6.19. The third kappa shape index (κ3) is 10.2. The number of nitrogens with zero attached hydrogens (tertiary/aromatic N) is 4. The zero-order chi connectivity index (χ0) is 39.7. The molecule has 300 valence electrons. The van der Waals surface area contributed by atoms with Crippen molar-refractivity contribution in [3.63, 3.8) is 0 Å². The van der Waals surface area contributed by atoms with Gasteiger partial charge in [-0.3, -0.25) is 9.59 Å². The van der Waals surface area contributed by atoms with E-state index in [1.165, 1.54) is 33.5 Å². The second-order valence-corrected chi connectivity index (χ2v) is 14.6. The number of hydrogen-bond donors (Lipinski definition) is 5. The minimum absolute atomic E-state index is 0.0895. The molecule has 2 saturated carbocycles. The Bertz CT molecular complexity index is 2170. The van der Waals surface area contributed by atoms with Crippen LogP contribution in [0.3, 0.4) is 0 Å². The number of hydrogen-bond acceptors (Lipinski definition) is 10. The van der Waals surface area contributed by atoms with Crippen molar-refractivity contribution in [1.29, 1.82) is 0 Å². The first kappa shape index (κ1) is 39.1. The number of aromatic nitrogens is 5. The van der Waals surface area contributed by atoms with Gasteiger partial charge in [-0.1, -0.05) is 31.4 Å². The average molecular weight is 780 g/mol. The molecular formula is C41H49N9O7. The Morgan fingerprint density at radius 1 is 0.842 bits per heavy atom. The van der Waals surface area contributed by atoms with Crippen molar-refractivity contribution in [2.45, 2.75) is 76.3 Å². The van der Waals surface area contributed by atoms with E-state index in [1.54, 1.807) is 12.4 Å². The van der Waals surface area contributed by atoms with Crippen LogP contribution < -0.4 is 16.0 Å². The van der Waals surface area contributed by atoms with Crippen molar-refractivity contribution in [3.05, 3.63) is 66.5 Å². The number of oxazole rings is 1. The lowest BCUT2D eigenvalue weighted by Crippen LogP contribution is -2.49. The molecule has 3 aliphatic rings. The summed E-state index contributed by atoms with van der Waals surface area (Å²) in [5, 5.41) is 7.86. The van der Waals surface area contributed by atoms with Crippen LogP contribution in [0.1, 0.15) is 75.5 Å². The summed E-state index contributed by atoms with van der Waals surface area (Å²) in [5.74, 6) is 1.85. The lowest BCUT2D eigenvalue weighted by molar-refractivity contribution is -0.135. The van der Waals surface area contributed by atoms with Crippen molar-refractivity contribution < 1.29 is 33.1 Å². The van der Waals surface area contributed by atoms with E-state index in [9.17, 15) is 19.2 Å². The van der Waals surface area contributed by atoms with Crippen LogP contribution in [-0.4, -0.2) is 93.7 Å². The molecule has 57 heavy (non-hydrogen) atoms.